The number of benzene rings is 2. The first-order valence-corrected chi connectivity index (χ1v) is 7.39. The number of carbonyl (C=O) groups is 1. The van der Waals surface area contributed by atoms with E-state index in [4.69, 9.17) is 4.74 Å². The summed E-state index contributed by atoms with van der Waals surface area (Å²) in [5.41, 5.74) is 4.07. The molecule has 3 aromatic rings. The van der Waals surface area contributed by atoms with Crippen LogP contribution in [0.2, 0.25) is 0 Å². The summed E-state index contributed by atoms with van der Waals surface area (Å²) in [6.45, 7) is -0.299. The Kier molecular flexibility index (Phi) is 4.70. The maximum absolute atomic E-state index is 11.7. The van der Waals surface area contributed by atoms with Crippen LogP contribution in [0.1, 0.15) is 5.56 Å². The van der Waals surface area contributed by atoms with Gasteiger partial charge in [0.25, 0.3) is 11.6 Å². The number of rotatable bonds is 6. The lowest BCUT2D eigenvalue weighted by molar-refractivity contribution is -0.384. The van der Waals surface area contributed by atoms with Gasteiger partial charge >= 0.3 is 0 Å². The normalized spacial score (nSPS) is 10.9. The molecule has 8 heteroatoms. The summed E-state index contributed by atoms with van der Waals surface area (Å²) < 4.78 is 5.22. The number of hydrogen-bond donors (Lipinski definition) is 2. The molecule has 0 aliphatic heterocycles. The SMILES string of the molecule is O=C(COc1cccc([N+](=O)[O-])c1)N/N=C/c1c[nH]c2ccccc12. The van der Waals surface area contributed by atoms with Crippen molar-refractivity contribution in [2.24, 2.45) is 5.10 Å². The smallest absolute Gasteiger partial charge is 0.277 e. The standard InChI is InChI=1S/C17H14N4O4/c22-17(11-25-14-5-3-4-13(8-14)21(23)24)20-19-10-12-9-18-16-7-2-1-6-15(12)16/h1-10,18H,11H2,(H,20,22)/b19-10+. The second-order valence-corrected chi connectivity index (χ2v) is 5.13. The fourth-order valence-electron chi connectivity index (χ4n) is 2.24. The average molecular weight is 338 g/mol. The van der Waals surface area contributed by atoms with Gasteiger partial charge in [-0.05, 0) is 12.1 Å². The van der Waals surface area contributed by atoms with E-state index in [1.165, 1.54) is 30.5 Å². The predicted molar refractivity (Wildman–Crippen MR) is 92.6 cm³/mol. The number of ether oxygens (including phenoxy) is 1. The van der Waals surface area contributed by atoms with Crippen LogP contribution in [0.25, 0.3) is 10.9 Å². The minimum Gasteiger partial charge on any atom is -0.483 e. The highest BCUT2D eigenvalue weighted by atomic mass is 16.6. The summed E-state index contributed by atoms with van der Waals surface area (Å²) in [6, 6.07) is 13.3. The van der Waals surface area contributed by atoms with Gasteiger partial charge in [-0.25, -0.2) is 5.43 Å². The van der Waals surface area contributed by atoms with Crippen molar-refractivity contribution in [2.75, 3.05) is 6.61 Å². The van der Waals surface area contributed by atoms with Gasteiger partial charge in [0.2, 0.25) is 0 Å². The Bertz CT molecular complexity index is 948. The average Bonchev–Trinajstić information content (AvgIpc) is 3.03. The van der Waals surface area contributed by atoms with Crippen molar-refractivity contribution >= 4 is 28.7 Å². The molecule has 1 amide bonds. The van der Waals surface area contributed by atoms with Crippen molar-refractivity contribution in [3.05, 3.63) is 70.4 Å². The monoisotopic (exact) mass is 338 g/mol. The number of fused-ring (bicyclic) bond motifs is 1. The van der Waals surface area contributed by atoms with Crippen LogP contribution in [0.3, 0.4) is 0 Å². The van der Waals surface area contributed by atoms with Crippen molar-refractivity contribution < 1.29 is 14.5 Å². The number of hydrogen-bond acceptors (Lipinski definition) is 5. The van der Waals surface area contributed by atoms with E-state index < -0.39 is 10.8 Å². The van der Waals surface area contributed by atoms with Crippen molar-refractivity contribution in [3.63, 3.8) is 0 Å². The van der Waals surface area contributed by atoms with Gasteiger partial charge in [-0.2, -0.15) is 5.10 Å². The molecule has 0 aliphatic rings. The van der Waals surface area contributed by atoms with Gasteiger partial charge in [0.1, 0.15) is 5.75 Å². The number of aromatic amines is 1. The van der Waals surface area contributed by atoms with E-state index in [-0.39, 0.29) is 18.0 Å². The maximum atomic E-state index is 11.7. The first-order valence-electron chi connectivity index (χ1n) is 7.39. The number of para-hydroxylation sites is 1. The van der Waals surface area contributed by atoms with E-state index in [0.717, 1.165) is 16.5 Å². The molecule has 0 fully saturated rings. The van der Waals surface area contributed by atoms with Crippen LogP contribution in [0.5, 0.6) is 5.75 Å². The summed E-state index contributed by atoms with van der Waals surface area (Å²) in [5.74, 6) is -0.229. The molecule has 0 radical (unpaired) electrons. The van der Waals surface area contributed by atoms with Crippen molar-refractivity contribution in [1.82, 2.24) is 10.4 Å². The third-order valence-corrected chi connectivity index (χ3v) is 3.41. The van der Waals surface area contributed by atoms with Crippen LogP contribution in [0, 0.1) is 10.1 Å². The van der Waals surface area contributed by atoms with Crippen LogP contribution in [0.15, 0.2) is 59.8 Å². The zero-order valence-corrected chi connectivity index (χ0v) is 13.0. The van der Waals surface area contributed by atoms with E-state index in [1.807, 2.05) is 24.3 Å². The third-order valence-electron chi connectivity index (χ3n) is 3.41. The summed E-state index contributed by atoms with van der Waals surface area (Å²) in [5, 5.41) is 15.6. The van der Waals surface area contributed by atoms with Crippen LogP contribution < -0.4 is 10.2 Å². The van der Waals surface area contributed by atoms with E-state index in [2.05, 4.69) is 15.5 Å². The van der Waals surface area contributed by atoms with Crippen LogP contribution in [-0.4, -0.2) is 28.6 Å². The molecule has 1 heterocycles. The Morgan fingerprint density at radius 2 is 2.12 bits per heavy atom. The number of hydrazone groups is 1. The topological polar surface area (TPSA) is 110 Å². The van der Waals surface area contributed by atoms with Gasteiger partial charge < -0.3 is 9.72 Å². The molecular weight excluding hydrogens is 324 g/mol. The summed E-state index contributed by atoms with van der Waals surface area (Å²) in [6.07, 6.45) is 3.32. The summed E-state index contributed by atoms with van der Waals surface area (Å²) >= 11 is 0. The molecule has 0 saturated heterocycles. The fraction of sp³-hybridized carbons (Fsp3) is 0.0588. The Labute approximate surface area is 142 Å². The molecule has 8 nitrogen and oxygen atoms in total. The number of H-pyrrole nitrogens is 1. The summed E-state index contributed by atoms with van der Waals surface area (Å²) in [7, 11) is 0. The quantitative estimate of drug-likeness (QED) is 0.409. The third kappa shape index (κ3) is 3.99. The largest absolute Gasteiger partial charge is 0.483 e. The molecule has 2 aromatic carbocycles. The first-order chi connectivity index (χ1) is 12.1. The van der Waals surface area contributed by atoms with Gasteiger partial charge in [0.15, 0.2) is 6.61 Å². The second-order valence-electron chi connectivity index (χ2n) is 5.13. The zero-order valence-electron chi connectivity index (χ0n) is 13.0. The minimum atomic E-state index is -0.529. The lowest BCUT2D eigenvalue weighted by atomic mass is 10.2. The Balaban J connectivity index is 1.54. The zero-order chi connectivity index (χ0) is 17.6. The van der Waals surface area contributed by atoms with E-state index in [1.54, 1.807) is 6.20 Å². The number of non-ortho nitro benzene ring substituents is 1. The van der Waals surface area contributed by atoms with Gasteiger partial charge in [-0.1, -0.05) is 24.3 Å². The maximum Gasteiger partial charge on any atom is 0.277 e. The van der Waals surface area contributed by atoms with Crippen molar-refractivity contribution in [3.8, 4) is 5.75 Å². The molecule has 2 N–H and O–H groups in total. The van der Waals surface area contributed by atoms with Gasteiger partial charge in [0, 0.05) is 28.7 Å². The first kappa shape index (κ1) is 16.2. The molecule has 0 aliphatic carbocycles. The van der Waals surface area contributed by atoms with Gasteiger partial charge in [-0.3, -0.25) is 14.9 Å². The minimum absolute atomic E-state index is 0.102. The Morgan fingerprint density at radius 1 is 1.28 bits per heavy atom. The lowest BCUT2D eigenvalue weighted by Gasteiger charge is -2.04. The Hall–Kier alpha value is -3.68. The molecule has 3 rings (SSSR count). The second kappa shape index (κ2) is 7.26. The number of nitrogens with zero attached hydrogens (tertiary/aromatic N) is 2. The van der Waals surface area contributed by atoms with Gasteiger partial charge in [0.05, 0.1) is 17.2 Å². The van der Waals surface area contributed by atoms with Crippen molar-refractivity contribution in [2.45, 2.75) is 0 Å². The molecule has 126 valence electrons. The Morgan fingerprint density at radius 3 is 2.96 bits per heavy atom. The van der Waals surface area contributed by atoms with Crippen LogP contribution in [-0.2, 0) is 4.79 Å². The number of nitrogens with one attached hydrogen (secondary N) is 2. The highest BCUT2D eigenvalue weighted by molar-refractivity contribution is 5.99. The van der Waals surface area contributed by atoms with Gasteiger partial charge in [-0.15, -0.1) is 0 Å². The number of nitro benzene ring substituents is 1. The van der Waals surface area contributed by atoms with E-state index in [0.29, 0.717) is 0 Å². The fourth-order valence-corrected chi connectivity index (χ4v) is 2.24. The highest BCUT2D eigenvalue weighted by Crippen LogP contribution is 2.19. The number of amides is 1. The number of carbonyl (C=O) groups excluding carboxylic acids is 1. The molecule has 25 heavy (non-hydrogen) atoms. The van der Waals surface area contributed by atoms with Crippen LogP contribution in [0.4, 0.5) is 5.69 Å². The molecule has 0 unspecified atom stereocenters. The molecule has 0 bridgehead atoms. The molecule has 0 atom stereocenters. The molecule has 1 aromatic heterocycles. The number of aromatic nitrogens is 1. The lowest BCUT2D eigenvalue weighted by Crippen LogP contribution is -2.24. The highest BCUT2D eigenvalue weighted by Gasteiger charge is 2.08. The van der Waals surface area contributed by atoms with E-state index in [9.17, 15) is 14.9 Å². The molecule has 0 saturated carbocycles. The summed E-state index contributed by atoms with van der Waals surface area (Å²) in [4.78, 5) is 25.0. The van der Waals surface area contributed by atoms with E-state index >= 15 is 0 Å². The van der Waals surface area contributed by atoms with Crippen LogP contribution >= 0.6 is 0 Å². The molecule has 0 spiro atoms. The predicted octanol–water partition coefficient (Wildman–Crippen LogP) is 2.61. The molecular formula is C17H14N4O4. The number of nitro groups is 1. The van der Waals surface area contributed by atoms with Crippen molar-refractivity contribution in [1.29, 1.82) is 0 Å².